The summed E-state index contributed by atoms with van der Waals surface area (Å²) in [6, 6.07) is 0. The average Bonchev–Trinajstić information content (AvgIpc) is 2.83. The van der Waals surface area contributed by atoms with E-state index < -0.39 is 67.8 Å². The van der Waals surface area contributed by atoms with E-state index in [1.807, 2.05) is 0 Å². The van der Waals surface area contributed by atoms with E-state index in [0.29, 0.717) is 0 Å². The number of methoxy groups -OCH3 is 1. The van der Waals surface area contributed by atoms with E-state index in [1.54, 1.807) is 0 Å². The molecule has 10 atom stereocenters. The van der Waals surface area contributed by atoms with E-state index >= 15 is 0 Å². The molecule has 2 rings (SSSR count). The standard InChI is InChI=1S/C18H36N4O12/c1-9-12(25)13(26)17(11(8-24)32-9)34-18-15(28)14(27)16(31-2)10(33-18)7-19-3-4-21(5-6-23)22(30)20-29/h9-19,23-29H,3-8H2,1-2H3/t9-,10-,11-,12+,13-,14-,15-,16-,17?,18-/m1/s1. The van der Waals surface area contributed by atoms with Crippen LogP contribution in [0.5, 0.6) is 0 Å². The first kappa shape index (κ1) is 28.8. The van der Waals surface area contributed by atoms with Gasteiger partial charge in [0.05, 0.1) is 30.8 Å². The van der Waals surface area contributed by atoms with Crippen molar-refractivity contribution in [3.8, 4) is 0 Å². The van der Waals surface area contributed by atoms with Gasteiger partial charge in [-0.25, -0.2) is 0 Å². The minimum absolute atomic E-state index is 0.0590. The van der Waals surface area contributed by atoms with Crippen LogP contribution in [0.3, 0.4) is 0 Å². The third-order valence-electron chi connectivity index (χ3n) is 5.88. The van der Waals surface area contributed by atoms with Gasteiger partial charge >= 0.3 is 0 Å². The van der Waals surface area contributed by atoms with Crippen molar-refractivity contribution in [2.24, 2.45) is 5.28 Å². The summed E-state index contributed by atoms with van der Waals surface area (Å²) in [6.45, 7) is 0.890. The lowest BCUT2D eigenvalue weighted by Crippen LogP contribution is -2.65. The number of hydrogen-bond acceptors (Lipinski definition) is 13. The largest absolute Gasteiger partial charge is 0.569 e. The fraction of sp³-hybridized carbons (Fsp3) is 1.00. The van der Waals surface area contributed by atoms with E-state index in [2.05, 4.69) is 10.6 Å². The van der Waals surface area contributed by atoms with Crippen LogP contribution in [0.2, 0.25) is 0 Å². The zero-order valence-electron chi connectivity index (χ0n) is 19.0. The van der Waals surface area contributed by atoms with Gasteiger partial charge in [-0.05, 0) is 6.92 Å². The van der Waals surface area contributed by atoms with Gasteiger partial charge in [-0.2, -0.15) is 0 Å². The van der Waals surface area contributed by atoms with Gasteiger partial charge in [0.25, 0.3) is 0 Å². The molecule has 0 saturated carbocycles. The molecular formula is C18H36N4O12. The maximum atomic E-state index is 11.4. The molecule has 0 aromatic rings. The van der Waals surface area contributed by atoms with E-state index in [-0.39, 0.29) is 37.8 Å². The second kappa shape index (κ2) is 13.6. The highest BCUT2D eigenvalue weighted by Crippen LogP contribution is 2.29. The van der Waals surface area contributed by atoms with Crippen molar-refractivity contribution < 1.29 is 59.8 Å². The molecule has 0 aromatic heterocycles. The zero-order chi connectivity index (χ0) is 25.4. The topological polar surface area (TPSA) is 232 Å². The number of hydrogen-bond donors (Lipinski definition) is 8. The molecule has 2 aliphatic rings. The third-order valence-corrected chi connectivity index (χ3v) is 5.88. The lowest BCUT2D eigenvalue weighted by atomic mass is 9.95. The van der Waals surface area contributed by atoms with Crippen molar-refractivity contribution in [1.29, 1.82) is 0 Å². The van der Waals surface area contributed by atoms with Crippen LogP contribution in [0.25, 0.3) is 0 Å². The maximum Gasteiger partial charge on any atom is 0.230 e. The van der Waals surface area contributed by atoms with Crippen LogP contribution in [0.15, 0.2) is 5.28 Å². The zero-order valence-corrected chi connectivity index (χ0v) is 19.0. The number of aliphatic hydroxyl groups is 6. The summed E-state index contributed by atoms with van der Waals surface area (Å²) >= 11 is 0. The molecule has 2 heterocycles. The summed E-state index contributed by atoms with van der Waals surface area (Å²) < 4.78 is 22.1. The molecule has 16 nitrogen and oxygen atoms in total. The Labute approximate surface area is 196 Å². The van der Waals surface area contributed by atoms with Crippen molar-refractivity contribution in [3.05, 3.63) is 5.21 Å². The number of hydrazine groups is 1. The summed E-state index contributed by atoms with van der Waals surface area (Å²) in [6.07, 6.45) is -12.1. The Kier molecular flexibility index (Phi) is 11.5. The minimum atomic E-state index is -1.58. The normalized spacial score (nSPS) is 39.2. The van der Waals surface area contributed by atoms with Crippen molar-refractivity contribution in [2.75, 3.05) is 46.5 Å². The number of nitrogens with one attached hydrogen (secondary N) is 1. The first-order valence-corrected chi connectivity index (χ1v) is 10.9. The Morgan fingerprint density at radius 1 is 1.00 bits per heavy atom. The van der Waals surface area contributed by atoms with E-state index in [4.69, 9.17) is 29.3 Å². The summed E-state index contributed by atoms with van der Waals surface area (Å²) in [5.74, 6) is 0. The fourth-order valence-corrected chi connectivity index (χ4v) is 3.98. The fourth-order valence-electron chi connectivity index (χ4n) is 3.98. The number of ether oxygens (including phenoxy) is 4. The lowest BCUT2D eigenvalue weighted by Gasteiger charge is -2.46. The molecule has 0 radical (unpaired) electrons. The monoisotopic (exact) mass is 500 g/mol. The molecule has 2 aliphatic heterocycles. The molecule has 2 fully saturated rings. The Morgan fingerprint density at radius 2 is 1.68 bits per heavy atom. The van der Waals surface area contributed by atoms with Crippen molar-refractivity contribution in [3.63, 3.8) is 0 Å². The van der Waals surface area contributed by atoms with Gasteiger partial charge in [0.2, 0.25) is 5.28 Å². The molecule has 0 spiro atoms. The number of rotatable bonds is 12. The molecule has 2 saturated heterocycles. The van der Waals surface area contributed by atoms with E-state index in [1.165, 1.54) is 14.0 Å². The molecule has 0 bridgehead atoms. The predicted molar refractivity (Wildman–Crippen MR) is 109 cm³/mol. The van der Waals surface area contributed by atoms with Gasteiger partial charge in [-0.3, -0.25) is 0 Å². The second-order valence-electron chi connectivity index (χ2n) is 8.09. The van der Waals surface area contributed by atoms with Crippen LogP contribution in [0.4, 0.5) is 0 Å². The third kappa shape index (κ3) is 6.82. The lowest BCUT2D eigenvalue weighted by molar-refractivity contribution is -0.709. The molecule has 200 valence electrons. The average molecular weight is 501 g/mol. The highest BCUT2D eigenvalue weighted by atomic mass is 16.7. The van der Waals surface area contributed by atoms with E-state index in [9.17, 15) is 30.7 Å². The molecule has 0 amide bonds. The van der Waals surface area contributed by atoms with Crippen LogP contribution in [0, 0.1) is 5.21 Å². The summed E-state index contributed by atoms with van der Waals surface area (Å²) in [7, 11) is 1.32. The molecule has 0 aromatic carbocycles. The van der Waals surface area contributed by atoms with Crippen LogP contribution in [-0.4, -0.2) is 154 Å². The minimum Gasteiger partial charge on any atom is -0.569 e. The van der Waals surface area contributed by atoms with Crippen LogP contribution >= 0.6 is 0 Å². The van der Waals surface area contributed by atoms with Gasteiger partial charge in [0.15, 0.2) is 6.29 Å². The quantitative estimate of drug-likeness (QED) is 0.0546. The van der Waals surface area contributed by atoms with Crippen LogP contribution in [0.1, 0.15) is 6.92 Å². The Morgan fingerprint density at radius 3 is 2.26 bits per heavy atom. The highest BCUT2D eigenvalue weighted by molar-refractivity contribution is 4.95. The van der Waals surface area contributed by atoms with Gasteiger partial charge in [-0.1, -0.05) is 0 Å². The summed E-state index contributed by atoms with van der Waals surface area (Å²) in [5, 5.41) is 86.6. The molecule has 8 N–H and O–H groups in total. The van der Waals surface area contributed by atoms with Crippen LogP contribution < -0.4 is 5.32 Å². The molecule has 16 heteroatoms. The van der Waals surface area contributed by atoms with Gasteiger partial charge in [0.1, 0.15) is 55.4 Å². The Hall–Kier alpha value is -1.44. The molecular weight excluding hydrogens is 464 g/mol. The first-order valence-electron chi connectivity index (χ1n) is 10.9. The Bertz CT molecular complexity index is 632. The predicted octanol–water partition coefficient (Wildman–Crippen LogP) is -4.51. The van der Waals surface area contributed by atoms with Crippen LogP contribution in [-0.2, 0) is 18.9 Å². The number of aliphatic hydroxyl groups excluding tert-OH is 6. The maximum absolute atomic E-state index is 11.4. The van der Waals surface area contributed by atoms with E-state index in [0.717, 1.165) is 5.01 Å². The number of nitrogens with zero attached hydrogens (tertiary/aromatic N) is 3. The SMILES string of the molecule is CO[C@H]1[C@H](O)[C@@H](O)[C@@H](OC2[C@@H](CO)O[C@H](C)[C@H](O)[C@H]2O)O[C@@H]1CNCCN(CCO)[N+]([O-])=NO. The smallest absolute Gasteiger partial charge is 0.230 e. The van der Waals surface area contributed by atoms with Gasteiger partial charge < -0.3 is 65.3 Å². The highest BCUT2D eigenvalue weighted by Gasteiger charge is 2.50. The molecule has 1 unspecified atom stereocenters. The van der Waals surface area contributed by atoms with Crippen molar-refractivity contribution >= 4 is 0 Å². The summed E-state index contributed by atoms with van der Waals surface area (Å²) in [5.41, 5.74) is 0. The molecule has 0 aliphatic carbocycles. The first-order chi connectivity index (χ1) is 16.2. The Balaban J connectivity index is 2.02. The van der Waals surface area contributed by atoms with Gasteiger partial charge in [-0.15, -0.1) is 5.01 Å². The van der Waals surface area contributed by atoms with Crippen molar-refractivity contribution in [1.82, 2.24) is 10.3 Å². The van der Waals surface area contributed by atoms with Crippen molar-refractivity contribution in [2.45, 2.75) is 68.1 Å². The second-order valence-corrected chi connectivity index (χ2v) is 8.09. The van der Waals surface area contributed by atoms with Gasteiger partial charge in [0, 0.05) is 20.2 Å². The molecule has 34 heavy (non-hydrogen) atoms. The summed E-state index contributed by atoms with van der Waals surface area (Å²) in [4.78, 5) is -0.0681.